The van der Waals surface area contributed by atoms with Crippen molar-refractivity contribution in [1.82, 2.24) is 4.98 Å². The van der Waals surface area contributed by atoms with Gasteiger partial charge in [0.1, 0.15) is 10.6 Å². The van der Waals surface area contributed by atoms with Crippen LogP contribution in [-0.4, -0.2) is 16.1 Å². The molecule has 1 N–H and O–H groups in total. The zero-order valence-electron chi connectivity index (χ0n) is 10.9. The first-order chi connectivity index (χ1) is 10.2. The van der Waals surface area contributed by atoms with E-state index in [4.69, 9.17) is 9.52 Å². The summed E-state index contributed by atoms with van der Waals surface area (Å²) in [4.78, 5) is 15.1. The Morgan fingerprint density at radius 1 is 1.24 bits per heavy atom. The van der Waals surface area contributed by atoms with E-state index in [0.717, 1.165) is 21.7 Å². The van der Waals surface area contributed by atoms with Gasteiger partial charge in [-0.25, -0.2) is 9.78 Å². The molecule has 0 fully saturated rings. The van der Waals surface area contributed by atoms with Gasteiger partial charge < -0.3 is 9.52 Å². The molecule has 1 aromatic carbocycles. The van der Waals surface area contributed by atoms with Crippen LogP contribution in [0.4, 0.5) is 0 Å². The number of rotatable bonds is 5. The third-order valence-electron chi connectivity index (χ3n) is 2.80. The molecule has 0 unspecified atom stereocenters. The fourth-order valence-corrected chi connectivity index (χ4v) is 3.82. The highest BCUT2D eigenvalue weighted by Gasteiger charge is 2.10. The summed E-state index contributed by atoms with van der Waals surface area (Å²) in [5.74, 6) is -0.268. The van der Waals surface area contributed by atoms with Crippen molar-refractivity contribution in [2.24, 2.45) is 0 Å². The summed E-state index contributed by atoms with van der Waals surface area (Å²) in [6, 6.07) is 13.1. The number of furan rings is 1. The fraction of sp³-hybridized carbons (Fsp3) is 0.0667. The molecule has 0 amide bonds. The highest BCUT2D eigenvalue weighted by Crippen LogP contribution is 2.33. The lowest BCUT2D eigenvalue weighted by molar-refractivity contribution is 0.0665. The monoisotopic (exact) mass is 317 g/mol. The Morgan fingerprint density at radius 3 is 2.90 bits per heavy atom. The summed E-state index contributed by atoms with van der Waals surface area (Å²) in [5.41, 5.74) is 1.71. The lowest BCUT2D eigenvalue weighted by Gasteiger charge is -2.01. The molecular weight excluding hydrogens is 306 g/mol. The van der Waals surface area contributed by atoms with Crippen LogP contribution >= 0.6 is 21.6 Å². The van der Waals surface area contributed by atoms with Crippen molar-refractivity contribution in [1.29, 1.82) is 0 Å². The minimum atomic E-state index is -1.05. The number of hydrogen-bond acceptors (Lipinski definition) is 5. The van der Waals surface area contributed by atoms with Crippen LogP contribution in [0.3, 0.4) is 0 Å². The molecule has 6 heteroatoms. The van der Waals surface area contributed by atoms with Crippen LogP contribution in [0.1, 0.15) is 16.1 Å². The molecule has 0 aliphatic heterocycles. The zero-order valence-corrected chi connectivity index (χ0v) is 12.5. The van der Waals surface area contributed by atoms with Crippen LogP contribution in [-0.2, 0) is 5.75 Å². The van der Waals surface area contributed by atoms with E-state index in [0.29, 0.717) is 5.58 Å². The van der Waals surface area contributed by atoms with Gasteiger partial charge in [-0.2, -0.15) is 0 Å². The van der Waals surface area contributed by atoms with Crippen molar-refractivity contribution in [3.8, 4) is 0 Å². The first-order valence-electron chi connectivity index (χ1n) is 6.18. The van der Waals surface area contributed by atoms with Gasteiger partial charge in [0.2, 0.25) is 5.76 Å². The van der Waals surface area contributed by atoms with Gasteiger partial charge in [-0.1, -0.05) is 22.9 Å². The van der Waals surface area contributed by atoms with Crippen LogP contribution in [0, 0.1) is 0 Å². The molecule has 2 heterocycles. The average Bonchev–Trinajstić information content (AvgIpc) is 2.92. The van der Waals surface area contributed by atoms with Crippen molar-refractivity contribution in [2.75, 3.05) is 0 Å². The normalized spacial score (nSPS) is 10.9. The highest BCUT2D eigenvalue weighted by atomic mass is 33.1. The highest BCUT2D eigenvalue weighted by molar-refractivity contribution is 8.76. The van der Waals surface area contributed by atoms with Gasteiger partial charge in [0.15, 0.2) is 0 Å². The number of carboxylic acids is 1. The first kappa shape index (κ1) is 14.0. The van der Waals surface area contributed by atoms with E-state index in [1.807, 2.05) is 36.4 Å². The molecule has 0 saturated heterocycles. The van der Waals surface area contributed by atoms with Gasteiger partial charge in [-0.15, -0.1) is 0 Å². The number of aromatic carboxylic acids is 1. The van der Waals surface area contributed by atoms with E-state index in [-0.39, 0.29) is 5.76 Å². The summed E-state index contributed by atoms with van der Waals surface area (Å²) in [5, 5.41) is 10.7. The van der Waals surface area contributed by atoms with Crippen molar-refractivity contribution in [3.05, 3.63) is 60.0 Å². The smallest absolute Gasteiger partial charge is 0.371 e. The summed E-state index contributed by atoms with van der Waals surface area (Å²) >= 11 is 0. The molecule has 0 bridgehead atoms. The second-order valence-electron chi connectivity index (χ2n) is 4.30. The lowest BCUT2D eigenvalue weighted by Crippen LogP contribution is -1.91. The van der Waals surface area contributed by atoms with Crippen LogP contribution in [0.15, 0.2) is 58.1 Å². The summed E-state index contributed by atoms with van der Waals surface area (Å²) in [7, 11) is 3.31. The maximum Gasteiger partial charge on any atom is 0.371 e. The molecular formula is C15H11NO3S2. The second-order valence-corrected chi connectivity index (χ2v) is 6.62. The Bertz CT molecular complexity index is 771. The van der Waals surface area contributed by atoms with Crippen molar-refractivity contribution >= 4 is 38.5 Å². The van der Waals surface area contributed by atoms with Crippen molar-refractivity contribution < 1.29 is 14.3 Å². The van der Waals surface area contributed by atoms with E-state index < -0.39 is 5.97 Å². The quantitative estimate of drug-likeness (QED) is 0.701. The van der Waals surface area contributed by atoms with Gasteiger partial charge in [0.25, 0.3) is 0 Å². The van der Waals surface area contributed by atoms with Gasteiger partial charge in [-0.3, -0.25) is 0 Å². The Labute approximate surface area is 129 Å². The average molecular weight is 317 g/mol. The molecule has 0 atom stereocenters. The standard InChI is InChI=1S/C15H11NO3S2/c17-15(18)13-8-11-7-10(4-5-12(11)19-13)9-20-21-14-3-1-2-6-16-14/h1-8H,9H2,(H,17,18). The Hall–Kier alpha value is -1.92. The Morgan fingerprint density at radius 2 is 2.14 bits per heavy atom. The van der Waals surface area contributed by atoms with Crippen molar-refractivity contribution in [2.45, 2.75) is 10.8 Å². The maximum absolute atomic E-state index is 10.9. The first-order valence-corrected chi connectivity index (χ1v) is 8.50. The van der Waals surface area contributed by atoms with Crippen LogP contribution < -0.4 is 0 Å². The number of hydrogen-bond donors (Lipinski definition) is 1. The predicted molar refractivity (Wildman–Crippen MR) is 84.6 cm³/mol. The molecule has 2 aromatic heterocycles. The van der Waals surface area contributed by atoms with Crippen molar-refractivity contribution in [3.63, 3.8) is 0 Å². The van der Waals surface area contributed by atoms with Crippen LogP contribution in [0.5, 0.6) is 0 Å². The molecule has 4 nitrogen and oxygen atoms in total. The van der Waals surface area contributed by atoms with E-state index in [2.05, 4.69) is 4.98 Å². The molecule has 3 rings (SSSR count). The number of pyridine rings is 1. The Kier molecular flexibility index (Phi) is 4.17. The number of aromatic nitrogens is 1. The van der Waals surface area contributed by atoms with E-state index in [1.54, 1.807) is 33.9 Å². The van der Waals surface area contributed by atoms with E-state index in [1.165, 1.54) is 0 Å². The molecule has 0 saturated carbocycles. The molecule has 0 spiro atoms. The molecule has 0 radical (unpaired) electrons. The molecule has 106 valence electrons. The van der Waals surface area contributed by atoms with Gasteiger partial charge in [0.05, 0.1) is 0 Å². The van der Waals surface area contributed by atoms with E-state index >= 15 is 0 Å². The number of fused-ring (bicyclic) bond motifs is 1. The number of nitrogens with zero attached hydrogens (tertiary/aromatic N) is 1. The minimum absolute atomic E-state index is 0.0299. The minimum Gasteiger partial charge on any atom is -0.475 e. The van der Waals surface area contributed by atoms with Crippen LogP contribution in [0.2, 0.25) is 0 Å². The SMILES string of the molecule is O=C(O)c1cc2cc(CSSc3ccccn3)ccc2o1. The van der Waals surface area contributed by atoms with E-state index in [9.17, 15) is 4.79 Å². The molecule has 0 aliphatic carbocycles. The van der Waals surface area contributed by atoms with Gasteiger partial charge >= 0.3 is 5.97 Å². The number of carbonyl (C=O) groups is 1. The third-order valence-corrected chi connectivity index (χ3v) is 5.00. The zero-order chi connectivity index (χ0) is 14.7. The second kappa shape index (κ2) is 6.24. The van der Waals surface area contributed by atoms with Gasteiger partial charge in [-0.05, 0) is 46.7 Å². The summed E-state index contributed by atoms with van der Waals surface area (Å²) in [6.07, 6.45) is 1.77. The molecule has 3 aromatic rings. The summed E-state index contributed by atoms with van der Waals surface area (Å²) in [6.45, 7) is 0. The Balaban J connectivity index is 1.68. The predicted octanol–water partition coefficient (Wildman–Crippen LogP) is 4.47. The van der Waals surface area contributed by atoms with Crippen LogP contribution in [0.25, 0.3) is 11.0 Å². The maximum atomic E-state index is 10.9. The molecule has 21 heavy (non-hydrogen) atoms. The van der Waals surface area contributed by atoms with Gasteiger partial charge in [0, 0.05) is 17.3 Å². The third kappa shape index (κ3) is 3.40. The topological polar surface area (TPSA) is 63.3 Å². The molecule has 0 aliphatic rings. The fourth-order valence-electron chi connectivity index (χ4n) is 1.84. The summed E-state index contributed by atoms with van der Waals surface area (Å²) < 4.78 is 5.24. The largest absolute Gasteiger partial charge is 0.475 e. The number of carboxylic acid groups (broad SMARTS) is 1. The number of benzene rings is 1. The lowest BCUT2D eigenvalue weighted by atomic mass is 10.2.